The fourth-order valence-electron chi connectivity index (χ4n) is 1.77. The second kappa shape index (κ2) is 4.80. The highest BCUT2D eigenvalue weighted by molar-refractivity contribution is 5.84. The molecule has 1 aliphatic carbocycles. The van der Waals surface area contributed by atoms with E-state index < -0.39 is 0 Å². The van der Waals surface area contributed by atoms with Crippen LogP contribution in [-0.2, 0) is 16.0 Å². The minimum Gasteiger partial charge on any atom is -0.373 e. The molecule has 2 rings (SSSR count). The zero-order chi connectivity index (χ0) is 13.3. The Kier molecular flexibility index (Phi) is 3.52. The number of aromatic nitrogens is 2. The lowest BCUT2D eigenvalue weighted by atomic mass is 9.89. The lowest BCUT2D eigenvalue weighted by Crippen LogP contribution is -2.22. The van der Waals surface area contributed by atoms with E-state index in [4.69, 9.17) is 9.26 Å². The van der Waals surface area contributed by atoms with Crippen LogP contribution in [0.5, 0.6) is 0 Å². The van der Waals surface area contributed by atoms with Gasteiger partial charge in [0.05, 0.1) is 6.42 Å². The molecule has 0 N–H and O–H groups in total. The molecule has 0 saturated heterocycles. The Balaban J connectivity index is 2.03. The van der Waals surface area contributed by atoms with Crippen LogP contribution in [0.1, 0.15) is 51.4 Å². The second-order valence-electron chi connectivity index (χ2n) is 5.89. The summed E-state index contributed by atoms with van der Waals surface area (Å²) in [7, 11) is 1.65. The van der Waals surface area contributed by atoms with E-state index in [0.29, 0.717) is 17.6 Å². The normalized spacial score (nSPS) is 17.8. The van der Waals surface area contributed by atoms with Crippen LogP contribution < -0.4 is 0 Å². The third-order valence-corrected chi connectivity index (χ3v) is 3.19. The number of hydrogen-bond acceptors (Lipinski definition) is 5. The van der Waals surface area contributed by atoms with Crippen molar-refractivity contribution in [2.45, 2.75) is 46.1 Å². The van der Waals surface area contributed by atoms with E-state index in [2.05, 4.69) is 10.1 Å². The average Bonchev–Trinajstić information content (AvgIpc) is 3.00. The number of Topliss-reactive ketones (excluding diaryl/α,β-unsaturated/α-hetero) is 1. The van der Waals surface area contributed by atoms with Gasteiger partial charge in [0.1, 0.15) is 11.9 Å². The van der Waals surface area contributed by atoms with Gasteiger partial charge in [0, 0.05) is 12.5 Å². The molecule has 100 valence electrons. The molecule has 1 heterocycles. The molecule has 1 unspecified atom stereocenters. The van der Waals surface area contributed by atoms with Crippen molar-refractivity contribution in [1.29, 1.82) is 0 Å². The molecule has 5 nitrogen and oxygen atoms in total. The van der Waals surface area contributed by atoms with Gasteiger partial charge in [-0.3, -0.25) is 4.79 Å². The molecule has 1 atom stereocenters. The lowest BCUT2D eigenvalue weighted by molar-refractivity contribution is -0.125. The van der Waals surface area contributed by atoms with E-state index in [1.54, 1.807) is 7.11 Å². The summed E-state index contributed by atoms with van der Waals surface area (Å²) in [6, 6.07) is 0. The number of hydrogen-bond donors (Lipinski definition) is 0. The third-order valence-electron chi connectivity index (χ3n) is 3.19. The summed E-state index contributed by atoms with van der Waals surface area (Å²) in [6.07, 6.45) is 2.39. The molecule has 18 heavy (non-hydrogen) atoms. The fourth-order valence-corrected chi connectivity index (χ4v) is 1.77. The topological polar surface area (TPSA) is 65.2 Å². The van der Waals surface area contributed by atoms with Crippen LogP contribution >= 0.6 is 0 Å². The van der Waals surface area contributed by atoms with Crippen molar-refractivity contribution >= 4 is 5.78 Å². The predicted octanol–water partition coefficient (Wildman–Crippen LogP) is 2.32. The number of ether oxygens (including phenoxy) is 1. The number of carbonyl (C=O) groups excluding carboxylic acids is 1. The minimum absolute atomic E-state index is 0.0905. The molecule has 1 aliphatic rings. The van der Waals surface area contributed by atoms with Gasteiger partial charge in [-0.2, -0.15) is 4.98 Å². The fraction of sp³-hybridized carbons (Fsp3) is 0.769. The quantitative estimate of drug-likeness (QED) is 0.804. The second-order valence-corrected chi connectivity index (χ2v) is 5.89. The monoisotopic (exact) mass is 252 g/mol. The average molecular weight is 252 g/mol. The van der Waals surface area contributed by atoms with Crippen molar-refractivity contribution in [3.63, 3.8) is 0 Å². The Labute approximate surface area is 107 Å². The molecule has 1 aromatic rings. The van der Waals surface area contributed by atoms with Crippen LogP contribution in [0.2, 0.25) is 0 Å². The summed E-state index contributed by atoms with van der Waals surface area (Å²) in [6.45, 7) is 5.65. The maximum atomic E-state index is 11.9. The van der Waals surface area contributed by atoms with E-state index in [0.717, 1.165) is 12.8 Å². The molecule has 1 aromatic heterocycles. The van der Waals surface area contributed by atoms with Crippen LogP contribution in [0.25, 0.3) is 0 Å². The first-order valence-corrected chi connectivity index (χ1v) is 6.30. The zero-order valence-corrected chi connectivity index (χ0v) is 11.4. The highest BCUT2D eigenvalue weighted by atomic mass is 16.5. The molecule has 0 bridgehead atoms. The maximum absolute atomic E-state index is 11.9. The summed E-state index contributed by atoms with van der Waals surface area (Å²) in [4.78, 5) is 16.1. The van der Waals surface area contributed by atoms with E-state index in [1.165, 1.54) is 0 Å². The standard InChI is InChI=1S/C13H20N2O3/c1-13(2,3)9(16)7-10-14-12(15-18-10)11(17-4)8-5-6-8/h8,11H,5-7H2,1-4H3. The smallest absolute Gasteiger partial charge is 0.234 e. The molecule has 5 heteroatoms. The Hall–Kier alpha value is -1.23. The Morgan fingerprint density at radius 2 is 2.17 bits per heavy atom. The number of methoxy groups -OCH3 is 1. The first kappa shape index (κ1) is 13.2. The maximum Gasteiger partial charge on any atom is 0.234 e. The van der Waals surface area contributed by atoms with Crippen LogP contribution in [0.4, 0.5) is 0 Å². The van der Waals surface area contributed by atoms with Crippen LogP contribution in [0.15, 0.2) is 4.52 Å². The Morgan fingerprint density at radius 3 is 2.67 bits per heavy atom. The predicted molar refractivity (Wildman–Crippen MR) is 64.9 cm³/mol. The van der Waals surface area contributed by atoms with Crippen molar-refractivity contribution < 1.29 is 14.1 Å². The highest BCUT2D eigenvalue weighted by Gasteiger charge is 2.36. The van der Waals surface area contributed by atoms with E-state index in [-0.39, 0.29) is 23.7 Å². The first-order chi connectivity index (χ1) is 8.41. The van der Waals surface area contributed by atoms with Crippen LogP contribution in [0.3, 0.4) is 0 Å². The molecule has 0 spiro atoms. The number of carbonyl (C=O) groups is 1. The van der Waals surface area contributed by atoms with E-state index >= 15 is 0 Å². The Bertz CT molecular complexity index is 430. The van der Waals surface area contributed by atoms with Crippen LogP contribution in [-0.4, -0.2) is 23.0 Å². The molecule has 0 radical (unpaired) electrons. The van der Waals surface area contributed by atoms with Crippen LogP contribution in [0, 0.1) is 11.3 Å². The van der Waals surface area contributed by atoms with Crippen molar-refractivity contribution in [2.24, 2.45) is 11.3 Å². The molecule has 0 aromatic carbocycles. The van der Waals surface area contributed by atoms with Crippen molar-refractivity contribution in [2.75, 3.05) is 7.11 Å². The van der Waals surface area contributed by atoms with Gasteiger partial charge < -0.3 is 9.26 Å². The molecular formula is C13H20N2O3. The summed E-state index contributed by atoms with van der Waals surface area (Å²) >= 11 is 0. The first-order valence-electron chi connectivity index (χ1n) is 6.30. The third kappa shape index (κ3) is 2.96. The number of rotatable bonds is 5. The van der Waals surface area contributed by atoms with Crippen molar-refractivity contribution in [1.82, 2.24) is 10.1 Å². The molecule has 0 amide bonds. The van der Waals surface area contributed by atoms with Gasteiger partial charge in [0.2, 0.25) is 11.7 Å². The SMILES string of the molecule is COC(c1noc(CC(=O)C(C)(C)C)n1)C1CC1. The summed E-state index contributed by atoms with van der Waals surface area (Å²) in [5, 5.41) is 3.92. The summed E-state index contributed by atoms with van der Waals surface area (Å²) < 4.78 is 10.5. The van der Waals surface area contributed by atoms with Gasteiger partial charge in [0.15, 0.2) is 0 Å². The van der Waals surface area contributed by atoms with Gasteiger partial charge >= 0.3 is 0 Å². The van der Waals surface area contributed by atoms with Gasteiger partial charge in [-0.05, 0) is 18.8 Å². The number of ketones is 1. The van der Waals surface area contributed by atoms with E-state index in [9.17, 15) is 4.79 Å². The summed E-state index contributed by atoms with van der Waals surface area (Å²) in [5.74, 6) is 1.54. The van der Waals surface area contributed by atoms with Gasteiger partial charge in [-0.1, -0.05) is 25.9 Å². The van der Waals surface area contributed by atoms with Crippen molar-refractivity contribution in [3.05, 3.63) is 11.7 Å². The molecular weight excluding hydrogens is 232 g/mol. The van der Waals surface area contributed by atoms with Gasteiger partial charge in [-0.15, -0.1) is 0 Å². The molecule has 1 fully saturated rings. The largest absolute Gasteiger partial charge is 0.373 e. The molecule has 1 saturated carbocycles. The minimum atomic E-state index is -0.383. The Morgan fingerprint density at radius 1 is 1.50 bits per heavy atom. The lowest BCUT2D eigenvalue weighted by Gasteiger charge is -2.14. The van der Waals surface area contributed by atoms with Gasteiger partial charge in [0.25, 0.3) is 0 Å². The van der Waals surface area contributed by atoms with Gasteiger partial charge in [-0.25, -0.2) is 0 Å². The van der Waals surface area contributed by atoms with Crippen molar-refractivity contribution in [3.8, 4) is 0 Å². The van der Waals surface area contributed by atoms with E-state index in [1.807, 2.05) is 20.8 Å². The highest BCUT2D eigenvalue weighted by Crippen LogP contribution is 2.41. The molecule has 0 aliphatic heterocycles. The summed E-state index contributed by atoms with van der Waals surface area (Å²) in [5.41, 5.74) is -0.383. The zero-order valence-electron chi connectivity index (χ0n) is 11.4. The number of nitrogens with zero attached hydrogens (tertiary/aromatic N) is 2.